The molecule has 0 saturated heterocycles. The summed E-state index contributed by atoms with van der Waals surface area (Å²) < 4.78 is 10.5. The summed E-state index contributed by atoms with van der Waals surface area (Å²) in [5.41, 5.74) is 1.35. The number of nitrogens with zero attached hydrogens (tertiary/aromatic N) is 1. The van der Waals surface area contributed by atoms with Crippen LogP contribution in [0.25, 0.3) is 0 Å². The fourth-order valence-corrected chi connectivity index (χ4v) is 2.08. The molecule has 0 aliphatic carbocycles. The highest BCUT2D eigenvalue weighted by atomic mass is 16.5. The fraction of sp³-hybridized carbons (Fsp3) is 0.278. The standard InChI is InChI=1S/C18H20N2O5/c1-24-11-8-16(18(22)23)20-17(21)14-2-4-15(5-3-14)25-12-13-6-9-19-10-7-13/h2-7,9-10,16H,8,11-12H2,1H3,(H,20,21)(H,22,23). The van der Waals surface area contributed by atoms with E-state index in [9.17, 15) is 9.59 Å². The number of methoxy groups -OCH3 is 1. The summed E-state index contributed by atoms with van der Waals surface area (Å²) in [6.07, 6.45) is 3.58. The molecule has 7 heteroatoms. The molecular weight excluding hydrogens is 324 g/mol. The number of ether oxygens (including phenoxy) is 2. The lowest BCUT2D eigenvalue weighted by Gasteiger charge is -2.14. The number of benzene rings is 1. The van der Waals surface area contributed by atoms with Crippen molar-refractivity contribution < 1.29 is 24.2 Å². The van der Waals surface area contributed by atoms with E-state index in [2.05, 4.69) is 10.3 Å². The van der Waals surface area contributed by atoms with Crippen molar-refractivity contribution in [1.29, 1.82) is 0 Å². The van der Waals surface area contributed by atoms with Gasteiger partial charge in [-0.25, -0.2) is 4.79 Å². The molecular formula is C18H20N2O5. The molecule has 7 nitrogen and oxygen atoms in total. The molecule has 1 aromatic carbocycles. The van der Waals surface area contributed by atoms with E-state index in [-0.39, 0.29) is 13.0 Å². The zero-order valence-electron chi connectivity index (χ0n) is 13.8. The lowest BCUT2D eigenvalue weighted by Crippen LogP contribution is -2.41. The summed E-state index contributed by atoms with van der Waals surface area (Å²) in [6, 6.07) is 9.23. The number of amides is 1. The Morgan fingerprint density at radius 1 is 1.16 bits per heavy atom. The van der Waals surface area contributed by atoms with E-state index in [1.165, 1.54) is 7.11 Å². The van der Waals surface area contributed by atoms with Gasteiger partial charge in [0.15, 0.2) is 0 Å². The number of carbonyl (C=O) groups excluding carboxylic acids is 1. The van der Waals surface area contributed by atoms with Gasteiger partial charge < -0.3 is 19.9 Å². The molecule has 1 heterocycles. The molecule has 0 aliphatic rings. The van der Waals surface area contributed by atoms with Gasteiger partial charge in [-0.3, -0.25) is 9.78 Å². The van der Waals surface area contributed by atoms with Gasteiger partial charge in [0.05, 0.1) is 0 Å². The molecule has 25 heavy (non-hydrogen) atoms. The summed E-state index contributed by atoms with van der Waals surface area (Å²) in [6.45, 7) is 0.644. The van der Waals surface area contributed by atoms with Gasteiger partial charge in [0, 0.05) is 38.1 Å². The third-order valence-electron chi connectivity index (χ3n) is 3.49. The zero-order valence-corrected chi connectivity index (χ0v) is 13.8. The van der Waals surface area contributed by atoms with E-state index >= 15 is 0 Å². The second kappa shape index (κ2) is 9.39. The predicted octanol–water partition coefficient (Wildman–Crippen LogP) is 1.88. The van der Waals surface area contributed by atoms with Crippen LogP contribution in [-0.2, 0) is 16.1 Å². The first-order valence-electron chi connectivity index (χ1n) is 7.74. The Morgan fingerprint density at radius 3 is 2.44 bits per heavy atom. The van der Waals surface area contributed by atoms with Crippen LogP contribution in [0.1, 0.15) is 22.3 Å². The Bertz CT molecular complexity index is 688. The van der Waals surface area contributed by atoms with Crippen LogP contribution in [0.3, 0.4) is 0 Å². The third-order valence-corrected chi connectivity index (χ3v) is 3.49. The first-order valence-corrected chi connectivity index (χ1v) is 7.74. The zero-order chi connectivity index (χ0) is 18.1. The maximum absolute atomic E-state index is 12.2. The highest BCUT2D eigenvalue weighted by molar-refractivity contribution is 5.96. The van der Waals surface area contributed by atoms with Crippen LogP contribution in [0.15, 0.2) is 48.8 Å². The maximum atomic E-state index is 12.2. The average Bonchev–Trinajstić information content (AvgIpc) is 2.64. The highest BCUT2D eigenvalue weighted by Gasteiger charge is 2.20. The summed E-state index contributed by atoms with van der Waals surface area (Å²) >= 11 is 0. The van der Waals surface area contributed by atoms with Gasteiger partial charge in [0.1, 0.15) is 18.4 Å². The van der Waals surface area contributed by atoms with Gasteiger partial charge >= 0.3 is 5.97 Å². The van der Waals surface area contributed by atoms with Gasteiger partial charge in [-0.1, -0.05) is 0 Å². The van der Waals surface area contributed by atoms with Crippen molar-refractivity contribution in [2.24, 2.45) is 0 Å². The minimum atomic E-state index is -1.09. The molecule has 2 rings (SSSR count). The summed E-state index contributed by atoms with van der Waals surface area (Å²) in [5.74, 6) is -0.936. The third kappa shape index (κ3) is 5.89. The van der Waals surface area contributed by atoms with Crippen LogP contribution in [0.2, 0.25) is 0 Å². The van der Waals surface area contributed by atoms with Crippen molar-refractivity contribution in [2.45, 2.75) is 19.1 Å². The summed E-state index contributed by atoms with van der Waals surface area (Å²) in [5, 5.41) is 11.6. The van der Waals surface area contributed by atoms with Gasteiger partial charge in [-0.05, 0) is 42.0 Å². The van der Waals surface area contributed by atoms with E-state index in [1.54, 1.807) is 36.7 Å². The minimum Gasteiger partial charge on any atom is -0.489 e. The molecule has 132 valence electrons. The van der Waals surface area contributed by atoms with Crippen molar-refractivity contribution in [3.63, 3.8) is 0 Å². The number of aliphatic carboxylic acids is 1. The number of nitrogens with one attached hydrogen (secondary N) is 1. The molecule has 2 aromatic rings. The molecule has 0 saturated carbocycles. The van der Waals surface area contributed by atoms with Crippen LogP contribution in [-0.4, -0.2) is 41.7 Å². The second-order valence-corrected chi connectivity index (χ2v) is 5.31. The number of carbonyl (C=O) groups is 2. The topological polar surface area (TPSA) is 97.8 Å². The molecule has 1 aromatic heterocycles. The highest BCUT2D eigenvalue weighted by Crippen LogP contribution is 2.14. The lowest BCUT2D eigenvalue weighted by atomic mass is 10.1. The summed E-state index contributed by atoms with van der Waals surface area (Å²) in [4.78, 5) is 27.2. The molecule has 1 amide bonds. The molecule has 1 unspecified atom stereocenters. The average molecular weight is 344 g/mol. The Labute approximate surface area is 145 Å². The largest absolute Gasteiger partial charge is 0.489 e. The molecule has 0 aliphatic heterocycles. The number of hydrogen-bond acceptors (Lipinski definition) is 5. The van der Waals surface area contributed by atoms with Crippen molar-refractivity contribution in [3.8, 4) is 5.75 Å². The van der Waals surface area contributed by atoms with E-state index < -0.39 is 17.9 Å². The normalized spacial score (nSPS) is 11.6. The quantitative estimate of drug-likeness (QED) is 0.721. The molecule has 1 atom stereocenters. The van der Waals surface area contributed by atoms with Gasteiger partial charge in [-0.2, -0.15) is 0 Å². The molecule has 0 fully saturated rings. The van der Waals surface area contributed by atoms with E-state index in [0.717, 1.165) is 5.56 Å². The molecule has 0 bridgehead atoms. The first kappa shape index (κ1) is 18.4. The fourth-order valence-electron chi connectivity index (χ4n) is 2.08. The Morgan fingerprint density at radius 2 is 1.84 bits per heavy atom. The second-order valence-electron chi connectivity index (χ2n) is 5.31. The first-order chi connectivity index (χ1) is 12.1. The van der Waals surface area contributed by atoms with Crippen LogP contribution >= 0.6 is 0 Å². The van der Waals surface area contributed by atoms with Gasteiger partial charge in [-0.15, -0.1) is 0 Å². The van der Waals surface area contributed by atoms with Crippen LogP contribution in [0, 0.1) is 0 Å². The Kier molecular flexibility index (Phi) is 6.91. The van der Waals surface area contributed by atoms with Crippen LogP contribution < -0.4 is 10.1 Å². The van der Waals surface area contributed by atoms with Crippen molar-refractivity contribution >= 4 is 11.9 Å². The predicted molar refractivity (Wildman–Crippen MR) is 90.4 cm³/mol. The smallest absolute Gasteiger partial charge is 0.326 e. The molecule has 0 spiro atoms. The van der Waals surface area contributed by atoms with Crippen LogP contribution in [0.5, 0.6) is 5.75 Å². The van der Waals surface area contributed by atoms with Crippen molar-refractivity contribution in [3.05, 3.63) is 59.9 Å². The SMILES string of the molecule is COCCC(NC(=O)c1ccc(OCc2ccncc2)cc1)C(=O)O. The van der Waals surface area contributed by atoms with E-state index in [1.807, 2.05) is 12.1 Å². The number of aromatic nitrogens is 1. The monoisotopic (exact) mass is 344 g/mol. The lowest BCUT2D eigenvalue weighted by molar-refractivity contribution is -0.139. The number of pyridine rings is 1. The van der Waals surface area contributed by atoms with Crippen molar-refractivity contribution in [1.82, 2.24) is 10.3 Å². The maximum Gasteiger partial charge on any atom is 0.326 e. The Balaban J connectivity index is 1.91. The minimum absolute atomic E-state index is 0.199. The molecule has 2 N–H and O–H groups in total. The van der Waals surface area contributed by atoms with Crippen molar-refractivity contribution in [2.75, 3.05) is 13.7 Å². The van der Waals surface area contributed by atoms with E-state index in [4.69, 9.17) is 14.6 Å². The van der Waals surface area contributed by atoms with Gasteiger partial charge in [0.2, 0.25) is 0 Å². The molecule has 0 radical (unpaired) electrons. The number of carboxylic acid groups (broad SMARTS) is 1. The van der Waals surface area contributed by atoms with Gasteiger partial charge in [0.25, 0.3) is 5.91 Å². The number of carboxylic acids is 1. The Hall–Kier alpha value is -2.93. The summed E-state index contributed by atoms with van der Waals surface area (Å²) in [7, 11) is 1.48. The number of hydrogen-bond donors (Lipinski definition) is 2. The number of rotatable bonds is 9. The van der Waals surface area contributed by atoms with E-state index in [0.29, 0.717) is 17.9 Å². The van der Waals surface area contributed by atoms with Crippen LogP contribution in [0.4, 0.5) is 0 Å².